The smallest absolute Gasteiger partial charge is 0.278 e. The van der Waals surface area contributed by atoms with Gasteiger partial charge in [-0.3, -0.25) is 14.2 Å². The molecule has 3 rings (SSSR count). The molecule has 0 fully saturated rings. The van der Waals surface area contributed by atoms with Gasteiger partial charge in [-0.05, 0) is 50.6 Å². The van der Waals surface area contributed by atoms with Crippen LogP contribution in [0.3, 0.4) is 0 Å². The monoisotopic (exact) mass is 400 g/mol. The quantitative estimate of drug-likeness (QED) is 0.466. The van der Waals surface area contributed by atoms with E-state index in [0.29, 0.717) is 21.9 Å². The van der Waals surface area contributed by atoms with Crippen LogP contribution in [0.5, 0.6) is 5.75 Å². The van der Waals surface area contributed by atoms with Gasteiger partial charge >= 0.3 is 0 Å². The molecule has 2 aromatic heterocycles. The molecule has 8 heteroatoms. The highest BCUT2D eigenvalue weighted by molar-refractivity contribution is 7.99. The zero-order valence-electron chi connectivity index (χ0n) is 16.4. The second-order valence-electron chi connectivity index (χ2n) is 6.60. The van der Waals surface area contributed by atoms with Crippen LogP contribution in [0, 0.1) is 6.92 Å². The largest absolute Gasteiger partial charge is 0.497 e. The molecule has 7 nitrogen and oxygen atoms in total. The van der Waals surface area contributed by atoms with Gasteiger partial charge in [-0.2, -0.15) is 0 Å². The summed E-state index contributed by atoms with van der Waals surface area (Å²) in [6.07, 6.45) is 0.790. The third-order valence-electron chi connectivity index (χ3n) is 4.52. The van der Waals surface area contributed by atoms with Gasteiger partial charge in [-0.15, -0.1) is 0 Å². The summed E-state index contributed by atoms with van der Waals surface area (Å²) >= 11 is 1.27. The van der Waals surface area contributed by atoms with Crippen LogP contribution in [0.15, 0.2) is 40.3 Å². The van der Waals surface area contributed by atoms with Crippen LogP contribution in [0.4, 0.5) is 5.69 Å². The van der Waals surface area contributed by atoms with Crippen molar-refractivity contribution in [2.24, 2.45) is 0 Å². The molecule has 2 heterocycles. The van der Waals surface area contributed by atoms with Crippen molar-refractivity contribution in [1.82, 2.24) is 14.5 Å². The van der Waals surface area contributed by atoms with Gasteiger partial charge < -0.3 is 15.0 Å². The van der Waals surface area contributed by atoms with Crippen LogP contribution in [0.1, 0.15) is 32.0 Å². The lowest BCUT2D eigenvalue weighted by Crippen LogP contribution is -2.26. The fourth-order valence-electron chi connectivity index (χ4n) is 2.86. The number of methoxy groups -OCH3 is 1. The van der Waals surface area contributed by atoms with Crippen LogP contribution in [0.2, 0.25) is 0 Å². The molecule has 0 spiro atoms. The van der Waals surface area contributed by atoms with Crippen molar-refractivity contribution in [3.8, 4) is 5.75 Å². The molecular formula is C20H24N4O3S. The molecule has 0 aliphatic heterocycles. The fourth-order valence-corrected chi connectivity index (χ4v) is 3.76. The molecule has 0 aliphatic carbocycles. The summed E-state index contributed by atoms with van der Waals surface area (Å²) in [6, 6.07) is 8.96. The van der Waals surface area contributed by atoms with Crippen molar-refractivity contribution in [2.45, 2.75) is 38.4 Å². The predicted octanol–water partition coefficient (Wildman–Crippen LogP) is 3.74. The van der Waals surface area contributed by atoms with Crippen molar-refractivity contribution in [3.05, 3.63) is 46.4 Å². The summed E-state index contributed by atoms with van der Waals surface area (Å²) in [5, 5.41) is 3.40. The van der Waals surface area contributed by atoms with Gasteiger partial charge in [0.25, 0.3) is 5.56 Å². The van der Waals surface area contributed by atoms with E-state index in [1.54, 1.807) is 35.9 Å². The topological polar surface area (TPSA) is 89.0 Å². The number of nitrogens with one attached hydrogen (secondary N) is 2. The van der Waals surface area contributed by atoms with Crippen molar-refractivity contribution in [3.63, 3.8) is 0 Å². The number of ether oxygens (including phenoxy) is 1. The predicted molar refractivity (Wildman–Crippen MR) is 112 cm³/mol. The van der Waals surface area contributed by atoms with Gasteiger partial charge in [0.1, 0.15) is 11.3 Å². The highest BCUT2D eigenvalue weighted by Crippen LogP contribution is 2.23. The summed E-state index contributed by atoms with van der Waals surface area (Å²) in [5.41, 5.74) is 2.60. The van der Waals surface area contributed by atoms with Crippen LogP contribution < -0.4 is 15.6 Å². The van der Waals surface area contributed by atoms with Crippen molar-refractivity contribution in [1.29, 1.82) is 0 Å². The molecule has 0 saturated heterocycles. The van der Waals surface area contributed by atoms with E-state index in [0.717, 1.165) is 17.9 Å². The van der Waals surface area contributed by atoms with Crippen LogP contribution in [-0.2, 0) is 4.79 Å². The number of anilines is 1. The normalized spacial score (nSPS) is 12.1. The first-order chi connectivity index (χ1) is 13.4. The van der Waals surface area contributed by atoms with Crippen LogP contribution in [-0.4, -0.2) is 33.3 Å². The first-order valence-electron chi connectivity index (χ1n) is 9.11. The number of amides is 1. The number of aromatic amines is 1. The van der Waals surface area contributed by atoms with Gasteiger partial charge in [0.2, 0.25) is 5.91 Å². The molecule has 2 N–H and O–H groups in total. The number of thioether (sulfide) groups is 1. The third-order valence-corrected chi connectivity index (χ3v) is 5.48. The number of hydrogen-bond acceptors (Lipinski definition) is 5. The summed E-state index contributed by atoms with van der Waals surface area (Å²) < 4.78 is 6.78. The van der Waals surface area contributed by atoms with Gasteiger partial charge in [0.05, 0.1) is 18.4 Å². The zero-order chi connectivity index (χ0) is 20.3. The molecule has 1 atom stereocenters. The van der Waals surface area contributed by atoms with E-state index >= 15 is 0 Å². The standard InChI is InChI=1S/C20H24N4O3S/c1-5-13(3)24-19(26)18-16(10-12(2)21-18)23-20(24)28-11-17(25)22-14-6-8-15(27-4)9-7-14/h6-10,13,21H,5,11H2,1-4H3,(H,22,25)/t13-/m0/s1. The SMILES string of the molecule is CC[C@H](C)n1c(SCC(=O)Nc2ccc(OC)cc2)nc2cc(C)[nH]c2c1=O. The molecule has 0 bridgehead atoms. The maximum absolute atomic E-state index is 12.9. The fraction of sp³-hybridized carbons (Fsp3) is 0.350. The molecule has 3 aromatic rings. The Morgan fingerprint density at radius 1 is 1.36 bits per heavy atom. The summed E-state index contributed by atoms with van der Waals surface area (Å²) in [4.78, 5) is 33.0. The Balaban J connectivity index is 1.80. The molecule has 0 radical (unpaired) electrons. The number of fused-ring (bicyclic) bond motifs is 1. The Bertz CT molecular complexity index is 1040. The minimum atomic E-state index is -0.162. The number of aryl methyl sites for hydroxylation is 1. The average Bonchev–Trinajstić information content (AvgIpc) is 3.07. The first-order valence-corrected chi connectivity index (χ1v) is 10.1. The highest BCUT2D eigenvalue weighted by Gasteiger charge is 2.18. The van der Waals surface area contributed by atoms with E-state index in [-0.39, 0.29) is 23.3 Å². The van der Waals surface area contributed by atoms with Gasteiger partial charge in [0.15, 0.2) is 5.16 Å². The summed E-state index contributed by atoms with van der Waals surface area (Å²) in [7, 11) is 1.59. The number of nitrogens with zero attached hydrogens (tertiary/aromatic N) is 2. The van der Waals surface area contributed by atoms with Crippen molar-refractivity contribution < 1.29 is 9.53 Å². The Hall–Kier alpha value is -2.74. The Morgan fingerprint density at radius 2 is 2.07 bits per heavy atom. The zero-order valence-corrected chi connectivity index (χ0v) is 17.2. The number of hydrogen-bond donors (Lipinski definition) is 2. The Morgan fingerprint density at radius 3 is 2.71 bits per heavy atom. The number of benzene rings is 1. The van der Waals surface area contributed by atoms with Crippen LogP contribution in [0.25, 0.3) is 11.0 Å². The molecule has 0 saturated carbocycles. The lowest BCUT2D eigenvalue weighted by Gasteiger charge is -2.17. The number of aromatic nitrogens is 3. The number of carbonyl (C=O) groups excluding carboxylic acids is 1. The van der Waals surface area contributed by atoms with Gasteiger partial charge in [-0.25, -0.2) is 4.98 Å². The second-order valence-corrected chi connectivity index (χ2v) is 7.55. The molecule has 0 unspecified atom stereocenters. The van der Waals surface area contributed by atoms with E-state index in [2.05, 4.69) is 15.3 Å². The lowest BCUT2D eigenvalue weighted by atomic mass is 10.2. The van der Waals surface area contributed by atoms with E-state index in [1.165, 1.54) is 11.8 Å². The molecule has 1 amide bonds. The molecule has 1 aromatic carbocycles. The van der Waals surface area contributed by atoms with Crippen molar-refractivity contribution in [2.75, 3.05) is 18.2 Å². The molecular weight excluding hydrogens is 376 g/mol. The summed E-state index contributed by atoms with van der Waals surface area (Å²) in [6.45, 7) is 5.89. The molecule has 0 aliphatic rings. The van der Waals surface area contributed by atoms with Crippen molar-refractivity contribution >= 4 is 34.4 Å². The number of H-pyrrole nitrogens is 1. The minimum absolute atomic E-state index is 0.0137. The summed E-state index contributed by atoms with van der Waals surface area (Å²) in [5.74, 6) is 0.721. The number of rotatable bonds is 7. The van der Waals surface area contributed by atoms with Gasteiger partial charge in [0, 0.05) is 17.4 Å². The maximum Gasteiger partial charge on any atom is 0.278 e. The molecule has 28 heavy (non-hydrogen) atoms. The molecule has 148 valence electrons. The average molecular weight is 401 g/mol. The Kier molecular flexibility index (Phi) is 6.08. The highest BCUT2D eigenvalue weighted by atomic mass is 32.2. The third kappa shape index (κ3) is 4.22. The van der Waals surface area contributed by atoms with E-state index in [1.807, 2.05) is 26.8 Å². The Labute approximate surface area is 167 Å². The lowest BCUT2D eigenvalue weighted by molar-refractivity contribution is -0.113. The van der Waals surface area contributed by atoms with Crippen LogP contribution >= 0.6 is 11.8 Å². The van der Waals surface area contributed by atoms with Gasteiger partial charge in [-0.1, -0.05) is 18.7 Å². The van der Waals surface area contributed by atoms with E-state index < -0.39 is 0 Å². The number of carbonyl (C=O) groups is 1. The maximum atomic E-state index is 12.9. The van der Waals surface area contributed by atoms with E-state index in [4.69, 9.17) is 4.74 Å². The second kappa shape index (κ2) is 8.52. The van der Waals surface area contributed by atoms with E-state index in [9.17, 15) is 9.59 Å². The first kappa shape index (κ1) is 20.0. The minimum Gasteiger partial charge on any atom is -0.497 e.